The smallest absolute Gasteiger partial charge is 0.325 e. The second kappa shape index (κ2) is 8.86. The maximum absolute atomic E-state index is 13.1. The fourth-order valence-corrected chi connectivity index (χ4v) is 3.47. The molecule has 2 aromatic carbocycles. The summed E-state index contributed by atoms with van der Waals surface area (Å²) in [5, 5.41) is 5.50. The number of ether oxygens (including phenoxy) is 2. The number of amides is 4. The van der Waals surface area contributed by atoms with E-state index in [1.165, 1.54) is 0 Å². The number of nitrogens with one attached hydrogen (secondary N) is 2. The molecule has 8 heteroatoms. The Bertz CT molecular complexity index is 944. The molecule has 1 atom stereocenters. The fraction of sp³-hybridized carbons (Fsp3) is 0.318. The Balaban J connectivity index is 1.69. The number of benzene rings is 2. The minimum absolute atomic E-state index is 0.261. The molecule has 1 aliphatic heterocycles. The average molecular weight is 411 g/mol. The standard InChI is InChI=1S/C22H25N3O5/c1-4-22(16-8-10-17(29-2)11-9-16)20(27)25(21(28)24-22)14-19(26)23-13-15-6-5-7-18(12-15)30-3/h5-12H,4,13-14H2,1-3H3,(H,23,26)(H,24,28). The van der Waals surface area contributed by atoms with Crippen molar-refractivity contribution in [1.29, 1.82) is 0 Å². The Hall–Kier alpha value is -3.55. The number of urea groups is 1. The van der Waals surface area contributed by atoms with E-state index in [2.05, 4.69) is 10.6 Å². The molecule has 2 aromatic rings. The van der Waals surface area contributed by atoms with Gasteiger partial charge in [0.05, 0.1) is 14.2 Å². The highest BCUT2D eigenvalue weighted by Crippen LogP contribution is 2.33. The normalized spacial score (nSPS) is 18.2. The molecule has 30 heavy (non-hydrogen) atoms. The van der Waals surface area contributed by atoms with Crippen molar-refractivity contribution >= 4 is 17.8 Å². The molecule has 1 unspecified atom stereocenters. The van der Waals surface area contributed by atoms with E-state index in [4.69, 9.17) is 9.47 Å². The SMILES string of the molecule is CCC1(c2ccc(OC)cc2)NC(=O)N(CC(=O)NCc2cccc(OC)c2)C1=O. The summed E-state index contributed by atoms with van der Waals surface area (Å²) in [4.78, 5) is 39.0. The fourth-order valence-electron chi connectivity index (χ4n) is 3.47. The topological polar surface area (TPSA) is 97.0 Å². The Labute approximate surface area is 175 Å². The van der Waals surface area contributed by atoms with Crippen LogP contribution in [0.2, 0.25) is 0 Å². The van der Waals surface area contributed by atoms with Crippen LogP contribution in [-0.4, -0.2) is 43.5 Å². The second-order valence-corrected chi connectivity index (χ2v) is 6.94. The van der Waals surface area contributed by atoms with Crippen molar-refractivity contribution in [2.75, 3.05) is 20.8 Å². The van der Waals surface area contributed by atoms with Crippen LogP contribution in [0.3, 0.4) is 0 Å². The van der Waals surface area contributed by atoms with Gasteiger partial charge in [-0.1, -0.05) is 31.2 Å². The predicted molar refractivity (Wildman–Crippen MR) is 110 cm³/mol. The lowest BCUT2D eigenvalue weighted by atomic mass is 9.87. The van der Waals surface area contributed by atoms with Crippen molar-refractivity contribution in [2.45, 2.75) is 25.4 Å². The Morgan fingerprint density at radius 1 is 1.07 bits per heavy atom. The molecule has 158 valence electrons. The summed E-state index contributed by atoms with van der Waals surface area (Å²) in [7, 11) is 3.12. The van der Waals surface area contributed by atoms with Gasteiger partial charge in [0.2, 0.25) is 5.91 Å². The van der Waals surface area contributed by atoms with Crippen molar-refractivity contribution in [3.05, 3.63) is 59.7 Å². The highest BCUT2D eigenvalue weighted by Gasteiger charge is 2.51. The van der Waals surface area contributed by atoms with E-state index in [-0.39, 0.29) is 13.1 Å². The largest absolute Gasteiger partial charge is 0.497 e. The van der Waals surface area contributed by atoms with E-state index >= 15 is 0 Å². The number of carbonyl (C=O) groups excluding carboxylic acids is 3. The van der Waals surface area contributed by atoms with Gasteiger partial charge in [-0.25, -0.2) is 4.79 Å². The lowest BCUT2D eigenvalue weighted by Gasteiger charge is -2.26. The first kappa shape index (κ1) is 21.2. The summed E-state index contributed by atoms with van der Waals surface area (Å²) in [5.74, 6) is 0.457. The number of hydrogen-bond acceptors (Lipinski definition) is 5. The maximum Gasteiger partial charge on any atom is 0.325 e. The first-order valence-electron chi connectivity index (χ1n) is 9.61. The van der Waals surface area contributed by atoms with Gasteiger partial charge in [0, 0.05) is 6.54 Å². The van der Waals surface area contributed by atoms with Gasteiger partial charge in [0.25, 0.3) is 5.91 Å². The lowest BCUT2D eigenvalue weighted by Crippen LogP contribution is -2.44. The van der Waals surface area contributed by atoms with Crippen LogP contribution >= 0.6 is 0 Å². The third-order valence-electron chi connectivity index (χ3n) is 5.21. The number of methoxy groups -OCH3 is 2. The van der Waals surface area contributed by atoms with E-state index in [9.17, 15) is 14.4 Å². The van der Waals surface area contributed by atoms with Gasteiger partial charge in [-0.05, 0) is 41.8 Å². The molecular weight excluding hydrogens is 386 g/mol. The average Bonchev–Trinajstić information content (AvgIpc) is 3.03. The van der Waals surface area contributed by atoms with E-state index in [1.807, 2.05) is 25.1 Å². The first-order valence-corrected chi connectivity index (χ1v) is 9.61. The molecule has 0 saturated carbocycles. The number of imide groups is 1. The van der Waals surface area contributed by atoms with E-state index in [0.29, 0.717) is 23.5 Å². The minimum Gasteiger partial charge on any atom is -0.497 e. The molecule has 3 rings (SSSR count). The second-order valence-electron chi connectivity index (χ2n) is 6.94. The van der Waals surface area contributed by atoms with Crippen LogP contribution in [0.4, 0.5) is 4.79 Å². The lowest BCUT2D eigenvalue weighted by molar-refractivity contribution is -0.135. The zero-order valence-corrected chi connectivity index (χ0v) is 17.2. The Kier molecular flexibility index (Phi) is 6.25. The van der Waals surface area contributed by atoms with Gasteiger partial charge >= 0.3 is 6.03 Å². The van der Waals surface area contributed by atoms with Gasteiger partial charge < -0.3 is 20.1 Å². The molecular formula is C22H25N3O5. The molecule has 2 N–H and O–H groups in total. The quantitative estimate of drug-likeness (QED) is 0.649. The summed E-state index contributed by atoms with van der Waals surface area (Å²) in [6.45, 7) is 1.72. The molecule has 0 aromatic heterocycles. The van der Waals surface area contributed by atoms with E-state index in [1.54, 1.807) is 44.6 Å². The maximum atomic E-state index is 13.1. The monoisotopic (exact) mass is 411 g/mol. The molecule has 8 nitrogen and oxygen atoms in total. The molecule has 0 radical (unpaired) electrons. The van der Waals surface area contributed by atoms with Crippen molar-refractivity contribution in [2.24, 2.45) is 0 Å². The molecule has 0 bridgehead atoms. The highest BCUT2D eigenvalue weighted by molar-refractivity contribution is 6.09. The van der Waals surface area contributed by atoms with Crippen molar-refractivity contribution in [3.8, 4) is 11.5 Å². The van der Waals surface area contributed by atoms with E-state index < -0.39 is 23.4 Å². The zero-order valence-electron chi connectivity index (χ0n) is 17.2. The molecule has 0 spiro atoms. The van der Waals surface area contributed by atoms with Gasteiger partial charge in [0.1, 0.15) is 23.6 Å². The number of nitrogens with zero attached hydrogens (tertiary/aromatic N) is 1. The molecule has 1 saturated heterocycles. The van der Waals surface area contributed by atoms with Crippen LogP contribution in [0.1, 0.15) is 24.5 Å². The third kappa shape index (κ3) is 4.07. The first-order chi connectivity index (χ1) is 14.4. The van der Waals surface area contributed by atoms with Crippen LogP contribution < -0.4 is 20.1 Å². The summed E-state index contributed by atoms with van der Waals surface area (Å²) < 4.78 is 10.3. The predicted octanol–water partition coefficient (Wildman–Crippen LogP) is 2.18. The van der Waals surface area contributed by atoms with E-state index in [0.717, 1.165) is 10.5 Å². The van der Waals surface area contributed by atoms with Crippen LogP contribution in [-0.2, 0) is 21.7 Å². The zero-order chi connectivity index (χ0) is 21.7. The summed E-state index contributed by atoms with van der Waals surface area (Å²) in [6.07, 6.45) is 0.353. The number of hydrogen-bond donors (Lipinski definition) is 2. The molecule has 1 aliphatic rings. The summed E-state index contributed by atoms with van der Waals surface area (Å²) >= 11 is 0. The van der Waals surface area contributed by atoms with Crippen LogP contribution in [0.15, 0.2) is 48.5 Å². The van der Waals surface area contributed by atoms with Gasteiger partial charge in [0.15, 0.2) is 0 Å². The van der Waals surface area contributed by atoms with Crippen molar-refractivity contribution in [1.82, 2.24) is 15.5 Å². The highest BCUT2D eigenvalue weighted by atomic mass is 16.5. The van der Waals surface area contributed by atoms with Crippen LogP contribution in [0, 0.1) is 0 Å². The van der Waals surface area contributed by atoms with Crippen LogP contribution in [0.5, 0.6) is 11.5 Å². The van der Waals surface area contributed by atoms with Crippen molar-refractivity contribution in [3.63, 3.8) is 0 Å². The van der Waals surface area contributed by atoms with Gasteiger partial charge in [-0.15, -0.1) is 0 Å². The molecule has 1 fully saturated rings. The number of carbonyl (C=O) groups is 3. The Morgan fingerprint density at radius 2 is 1.77 bits per heavy atom. The third-order valence-corrected chi connectivity index (χ3v) is 5.21. The van der Waals surface area contributed by atoms with Gasteiger partial charge in [-0.3, -0.25) is 14.5 Å². The van der Waals surface area contributed by atoms with Crippen LogP contribution in [0.25, 0.3) is 0 Å². The minimum atomic E-state index is -1.20. The van der Waals surface area contributed by atoms with Crippen molar-refractivity contribution < 1.29 is 23.9 Å². The summed E-state index contributed by atoms with van der Waals surface area (Å²) in [6, 6.07) is 13.6. The molecule has 1 heterocycles. The number of rotatable bonds is 8. The molecule has 0 aliphatic carbocycles. The summed E-state index contributed by atoms with van der Waals surface area (Å²) in [5.41, 5.74) is 0.292. The van der Waals surface area contributed by atoms with Gasteiger partial charge in [-0.2, -0.15) is 0 Å². The molecule has 4 amide bonds. The Morgan fingerprint density at radius 3 is 2.40 bits per heavy atom.